The number of halogens is 4. The Balaban J connectivity index is 1.92. The summed E-state index contributed by atoms with van der Waals surface area (Å²) in [5.74, 6) is -1.04. The van der Waals surface area contributed by atoms with Gasteiger partial charge in [0.2, 0.25) is 0 Å². The molecule has 2 rings (SSSR count). The van der Waals surface area contributed by atoms with Crippen LogP contribution in [-0.2, 0) is 4.74 Å². The van der Waals surface area contributed by atoms with E-state index in [-0.39, 0.29) is 14.6 Å². The number of carbonyl (C=O) groups excluding carboxylic acids is 2. The number of hydrogen-bond acceptors (Lipinski definition) is 3. The van der Waals surface area contributed by atoms with Crippen molar-refractivity contribution in [2.75, 3.05) is 0 Å². The van der Waals surface area contributed by atoms with Crippen molar-refractivity contribution in [3.05, 3.63) is 50.7 Å². The molecule has 0 aliphatic heterocycles. The van der Waals surface area contributed by atoms with Gasteiger partial charge >= 0.3 is 0 Å². The monoisotopic (exact) mass is 754 g/mol. The zero-order valence-electron chi connectivity index (χ0n) is 11.6. The van der Waals surface area contributed by atoms with Crippen molar-refractivity contribution in [1.29, 1.82) is 0 Å². The van der Waals surface area contributed by atoms with Gasteiger partial charge in [-0.05, 0) is 102 Å². The van der Waals surface area contributed by atoms with Gasteiger partial charge in [0.15, 0.2) is 0 Å². The van der Waals surface area contributed by atoms with Crippen molar-refractivity contribution in [3.8, 4) is 0 Å². The quantitative estimate of drug-likeness (QED) is 0.274. The van der Waals surface area contributed by atoms with E-state index < -0.39 is 11.7 Å². The van der Waals surface area contributed by atoms with E-state index in [1.54, 1.807) is 0 Å². The van der Waals surface area contributed by atoms with Crippen LogP contribution in [-0.4, -0.2) is 26.3 Å². The molecule has 0 amide bonds. The first-order valence-corrected chi connectivity index (χ1v) is 10.8. The van der Waals surface area contributed by atoms with E-state index in [9.17, 15) is 9.59 Å². The fourth-order valence-corrected chi connectivity index (χ4v) is 3.66. The number of hydrogen-bond donors (Lipinski definition) is 0. The lowest BCUT2D eigenvalue weighted by molar-refractivity contribution is 0.184. The molecule has 0 bridgehead atoms. The summed E-state index contributed by atoms with van der Waals surface area (Å²) < 4.78 is 9.32. The second kappa shape index (κ2) is 9.36. The zero-order valence-corrected chi connectivity index (χ0v) is 20.2. The third-order valence-corrected chi connectivity index (χ3v) is 8.62. The van der Waals surface area contributed by atoms with Gasteiger partial charge in [0.25, 0.3) is 26.3 Å². The van der Waals surface area contributed by atoms with Gasteiger partial charge in [-0.15, -0.1) is 0 Å². The van der Waals surface area contributed by atoms with Crippen LogP contribution in [0.3, 0.4) is 0 Å². The molecule has 0 N–H and O–H groups in total. The third-order valence-electron chi connectivity index (χ3n) is 2.89. The summed E-state index contributed by atoms with van der Waals surface area (Å²) in [4.78, 5) is 23.8. The van der Waals surface area contributed by atoms with Gasteiger partial charge < -0.3 is 4.74 Å². The van der Waals surface area contributed by atoms with Gasteiger partial charge in [-0.3, -0.25) is 9.59 Å². The Morgan fingerprint density at radius 2 is 1.09 bits per heavy atom. The van der Waals surface area contributed by atoms with Crippen molar-refractivity contribution < 1.29 is 14.3 Å². The van der Waals surface area contributed by atoms with Crippen LogP contribution in [0.25, 0.3) is 0 Å². The molecule has 23 heavy (non-hydrogen) atoms. The average Bonchev–Trinajstić information content (AvgIpc) is 2.46. The van der Waals surface area contributed by atoms with E-state index in [1.807, 2.05) is 36.4 Å². The highest BCUT2D eigenvalue weighted by atomic mass is 127. The molecule has 0 fully saturated rings. The maximum Gasteiger partial charge on any atom is 0.294 e. The fraction of sp³-hybridized carbons (Fsp3) is 0. The molecule has 0 heterocycles. The van der Waals surface area contributed by atoms with Crippen LogP contribution in [0.5, 0.6) is 0 Å². The SMILES string of the molecule is O=C(Bc1ccc(I)c(I)c1)OC(=O)Bc1ccc(I)c(I)c1. The Hall–Kier alpha value is 0.630. The normalized spacial score (nSPS) is 10.1. The smallest absolute Gasteiger partial charge is 0.294 e. The summed E-state index contributed by atoms with van der Waals surface area (Å²) in [5.41, 5.74) is 1.69. The van der Waals surface area contributed by atoms with Crippen LogP contribution in [0.15, 0.2) is 36.4 Å². The predicted octanol–water partition coefficient (Wildman–Crippen LogP) is 3.19. The molecule has 0 spiro atoms. The Labute approximate surface area is 190 Å². The minimum atomic E-state index is -0.521. The Morgan fingerprint density at radius 3 is 1.43 bits per heavy atom. The van der Waals surface area contributed by atoms with E-state index in [1.165, 1.54) is 0 Å². The number of ether oxygens (including phenoxy) is 1. The second-order valence-corrected chi connectivity index (χ2v) is 9.35. The average molecular weight is 753 g/mol. The summed E-state index contributed by atoms with van der Waals surface area (Å²) in [6.07, 6.45) is 0. The molecule has 3 nitrogen and oxygen atoms in total. The number of carbonyl (C=O) groups is 2. The molecule has 0 unspecified atom stereocenters. The van der Waals surface area contributed by atoms with E-state index in [4.69, 9.17) is 4.74 Å². The standard InChI is InChI=1S/C14H8B2I4O3/c17-9-3-1-7(5-11(9)19)15-13(21)23-14(22)16-8-2-4-10(18)12(20)6-8/h1-6,15-16H. The molecule has 0 atom stereocenters. The highest BCUT2D eigenvalue weighted by Gasteiger charge is 2.16. The highest BCUT2D eigenvalue weighted by Crippen LogP contribution is 2.13. The lowest BCUT2D eigenvalue weighted by Crippen LogP contribution is -2.31. The Morgan fingerprint density at radius 1 is 0.696 bits per heavy atom. The van der Waals surface area contributed by atoms with E-state index in [2.05, 4.69) is 90.4 Å². The zero-order chi connectivity index (χ0) is 17.0. The molecule has 9 heteroatoms. The second-order valence-electron chi connectivity index (χ2n) is 4.70. The minimum Gasteiger partial charge on any atom is -0.410 e. The van der Waals surface area contributed by atoms with Crippen molar-refractivity contribution in [2.45, 2.75) is 0 Å². The van der Waals surface area contributed by atoms with Gasteiger partial charge in [0.05, 0.1) is 0 Å². The molecule has 0 aliphatic carbocycles. The maximum atomic E-state index is 11.9. The van der Waals surface area contributed by atoms with Gasteiger partial charge in [-0.1, -0.05) is 35.2 Å². The van der Waals surface area contributed by atoms with Crippen LogP contribution in [0.4, 0.5) is 9.59 Å². The molecule has 0 radical (unpaired) electrons. The molecular weight excluding hydrogens is 745 g/mol. The molecule has 116 valence electrons. The number of benzene rings is 2. The Kier molecular flexibility index (Phi) is 8.12. The van der Waals surface area contributed by atoms with Gasteiger partial charge in [-0.2, -0.15) is 0 Å². The molecule has 0 saturated carbocycles. The highest BCUT2D eigenvalue weighted by molar-refractivity contribution is 14.1. The largest absolute Gasteiger partial charge is 0.410 e. The molecular formula is C14H8B2I4O3. The number of rotatable bonds is 4. The summed E-state index contributed by atoms with van der Waals surface area (Å²) in [7, 11) is 0.200. The van der Waals surface area contributed by atoms with Crippen molar-refractivity contribution in [2.24, 2.45) is 0 Å². The summed E-state index contributed by atoms with van der Waals surface area (Å²) in [6, 6.07) is 11.5. The van der Waals surface area contributed by atoms with E-state index in [0.717, 1.165) is 25.2 Å². The molecule has 0 aromatic heterocycles. The summed E-state index contributed by atoms with van der Waals surface area (Å²) in [5, 5.41) is 0. The van der Waals surface area contributed by atoms with Crippen LogP contribution < -0.4 is 10.9 Å². The van der Waals surface area contributed by atoms with Crippen LogP contribution in [0.1, 0.15) is 0 Å². The van der Waals surface area contributed by atoms with Crippen molar-refractivity contribution >= 4 is 128 Å². The fourth-order valence-electron chi connectivity index (χ4n) is 1.83. The van der Waals surface area contributed by atoms with Gasteiger partial charge in [0.1, 0.15) is 0 Å². The predicted molar refractivity (Wildman–Crippen MR) is 129 cm³/mol. The first-order chi connectivity index (χ1) is 10.8. The van der Waals surface area contributed by atoms with Crippen molar-refractivity contribution in [1.82, 2.24) is 0 Å². The van der Waals surface area contributed by atoms with Crippen LogP contribution in [0, 0.1) is 14.3 Å². The van der Waals surface area contributed by atoms with Crippen molar-refractivity contribution in [3.63, 3.8) is 0 Å². The third kappa shape index (κ3) is 6.45. The van der Waals surface area contributed by atoms with E-state index >= 15 is 0 Å². The molecule has 2 aromatic carbocycles. The van der Waals surface area contributed by atoms with Gasteiger partial charge in [0, 0.05) is 14.3 Å². The Bertz CT molecular complexity index is 704. The summed E-state index contributed by atoms with van der Waals surface area (Å²) >= 11 is 8.90. The molecule has 0 aliphatic rings. The lowest BCUT2D eigenvalue weighted by atomic mass is 9.69. The first-order valence-electron chi connectivity index (χ1n) is 6.46. The maximum absolute atomic E-state index is 11.9. The van der Waals surface area contributed by atoms with Crippen LogP contribution in [0.2, 0.25) is 0 Å². The molecule has 0 saturated heterocycles. The molecule has 2 aromatic rings. The topological polar surface area (TPSA) is 43.4 Å². The first kappa shape index (κ1) is 19.9. The van der Waals surface area contributed by atoms with Gasteiger partial charge in [-0.25, -0.2) is 0 Å². The van der Waals surface area contributed by atoms with Crippen LogP contribution >= 0.6 is 90.4 Å². The minimum absolute atomic E-state index is 0.100. The lowest BCUT2D eigenvalue weighted by Gasteiger charge is -2.04. The van der Waals surface area contributed by atoms with E-state index in [0.29, 0.717) is 0 Å². The summed E-state index contributed by atoms with van der Waals surface area (Å²) in [6.45, 7) is 0.